The number of aromatic nitrogens is 1. The number of pyridine rings is 1. The molecule has 1 aromatic heterocycles. The van der Waals surface area contributed by atoms with E-state index in [9.17, 15) is 17.6 Å². The van der Waals surface area contributed by atoms with Crippen molar-refractivity contribution in [2.45, 2.75) is 20.0 Å². The molecule has 0 bridgehead atoms. The molecule has 0 fully saturated rings. The molecule has 0 saturated heterocycles. The van der Waals surface area contributed by atoms with Crippen molar-refractivity contribution in [1.29, 1.82) is 0 Å². The maximum Gasteiger partial charge on any atom is 0.387 e. The SMILES string of the molecule is CCNc1cc(C(F)F)nc2ccc(OC(F)F)cc12. The Morgan fingerprint density at radius 1 is 1.20 bits per heavy atom. The highest BCUT2D eigenvalue weighted by Crippen LogP contribution is 2.30. The van der Waals surface area contributed by atoms with Gasteiger partial charge in [0.15, 0.2) is 0 Å². The smallest absolute Gasteiger partial charge is 0.387 e. The van der Waals surface area contributed by atoms with E-state index in [-0.39, 0.29) is 11.4 Å². The van der Waals surface area contributed by atoms with Crippen LogP contribution in [0.1, 0.15) is 19.0 Å². The molecule has 1 heterocycles. The van der Waals surface area contributed by atoms with Crippen LogP contribution < -0.4 is 10.1 Å². The van der Waals surface area contributed by atoms with Crippen LogP contribution in [0.3, 0.4) is 0 Å². The van der Waals surface area contributed by atoms with Crippen molar-refractivity contribution in [3.05, 3.63) is 30.0 Å². The van der Waals surface area contributed by atoms with E-state index in [0.717, 1.165) is 0 Å². The number of halogens is 4. The van der Waals surface area contributed by atoms with Crippen LogP contribution in [0, 0.1) is 0 Å². The first-order valence-electron chi connectivity index (χ1n) is 5.92. The maximum absolute atomic E-state index is 12.8. The Bertz CT molecular complexity index is 604. The Morgan fingerprint density at radius 3 is 2.55 bits per heavy atom. The van der Waals surface area contributed by atoms with Crippen molar-refractivity contribution in [2.75, 3.05) is 11.9 Å². The maximum atomic E-state index is 12.8. The molecule has 20 heavy (non-hydrogen) atoms. The summed E-state index contributed by atoms with van der Waals surface area (Å²) < 4.78 is 54.2. The summed E-state index contributed by atoms with van der Waals surface area (Å²) in [4.78, 5) is 3.80. The molecule has 1 aromatic carbocycles. The average Bonchev–Trinajstić information content (AvgIpc) is 2.38. The topological polar surface area (TPSA) is 34.2 Å². The summed E-state index contributed by atoms with van der Waals surface area (Å²) in [5.41, 5.74) is 0.337. The number of nitrogens with zero attached hydrogens (tertiary/aromatic N) is 1. The zero-order valence-electron chi connectivity index (χ0n) is 10.5. The minimum absolute atomic E-state index is 0.0433. The molecule has 0 aliphatic rings. The third-order valence-electron chi connectivity index (χ3n) is 2.62. The van der Waals surface area contributed by atoms with E-state index >= 15 is 0 Å². The van der Waals surface area contributed by atoms with Gasteiger partial charge in [-0.05, 0) is 31.2 Å². The number of ether oxygens (including phenoxy) is 1. The van der Waals surface area contributed by atoms with Crippen LogP contribution >= 0.6 is 0 Å². The van der Waals surface area contributed by atoms with Crippen molar-refractivity contribution in [3.8, 4) is 5.75 Å². The molecule has 0 aliphatic heterocycles. The van der Waals surface area contributed by atoms with Crippen LogP contribution in [0.5, 0.6) is 5.75 Å². The Labute approximate surface area is 112 Å². The van der Waals surface area contributed by atoms with E-state index in [2.05, 4.69) is 15.0 Å². The summed E-state index contributed by atoms with van der Waals surface area (Å²) in [6, 6.07) is 5.20. The number of nitrogens with one attached hydrogen (secondary N) is 1. The summed E-state index contributed by atoms with van der Waals surface area (Å²) >= 11 is 0. The number of anilines is 1. The van der Waals surface area contributed by atoms with Gasteiger partial charge < -0.3 is 10.1 Å². The Morgan fingerprint density at radius 2 is 1.95 bits per heavy atom. The van der Waals surface area contributed by atoms with E-state index in [1.807, 2.05) is 0 Å². The second kappa shape index (κ2) is 5.94. The zero-order chi connectivity index (χ0) is 14.7. The molecule has 0 saturated carbocycles. The van der Waals surface area contributed by atoms with Crippen molar-refractivity contribution in [1.82, 2.24) is 4.98 Å². The molecule has 0 spiro atoms. The van der Waals surface area contributed by atoms with Crippen molar-refractivity contribution in [2.24, 2.45) is 0 Å². The molecule has 3 nitrogen and oxygen atoms in total. The van der Waals surface area contributed by atoms with Crippen molar-refractivity contribution >= 4 is 16.6 Å². The lowest BCUT2D eigenvalue weighted by molar-refractivity contribution is -0.0497. The van der Waals surface area contributed by atoms with Gasteiger partial charge in [-0.1, -0.05) is 0 Å². The first-order valence-corrected chi connectivity index (χ1v) is 5.92. The van der Waals surface area contributed by atoms with Crippen LogP contribution in [-0.2, 0) is 0 Å². The molecule has 0 aliphatic carbocycles. The molecule has 0 radical (unpaired) electrons. The van der Waals surface area contributed by atoms with Gasteiger partial charge in [0.2, 0.25) is 0 Å². The van der Waals surface area contributed by atoms with Gasteiger partial charge >= 0.3 is 6.61 Å². The normalized spacial score (nSPS) is 11.3. The Balaban J connectivity index is 2.54. The Hall–Kier alpha value is -2.05. The van der Waals surface area contributed by atoms with Crippen LogP contribution in [0.4, 0.5) is 23.2 Å². The standard InChI is InChI=1S/C13H12F4N2O/c1-2-18-10-6-11(12(14)15)19-9-4-3-7(5-8(9)10)20-13(16)17/h3-6,12-13H,2H2,1H3,(H,18,19). The van der Waals surface area contributed by atoms with Crippen molar-refractivity contribution in [3.63, 3.8) is 0 Å². The second-order valence-corrected chi connectivity index (χ2v) is 3.98. The van der Waals surface area contributed by atoms with Crippen molar-refractivity contribution < 1.29 is 22.3 Å². The van der Waals surface area contributed by atoms with Crippen LogP contribution in [0.15, 0.2) is 24.3 Å². The number of rotatable bonds is 5. The van der Waals surface area contributed by atoms with Gasteiger partial charge in [-0.3, -0.25) is 0 Å². The van der Waals surface area contributed by atoms with Crippen LogP contribution in [0.25, 0.3) is 10.9 Å². The number of alkyl halides is 4. The lowest BCUT2D eigenvalue weighted by Gasteiger charge is -2.12. The largest absolute Gasteiger partial charge is 0.435 e. The molecular formula is C13H12F4N2O. The molecule has 108 valence electrons. The quantitative estimate of drug-likeness (QED) is 0.837. The predicted molar refractivity (Wildman–Crippen MR) is 67.5 cm³/mol. The second-order valence-electron chi connectivity index (χ2n) is 3.98. The van der Waals surface area contributed by atoms with E-state index in [0.29, 0.717) is 23.1 Å². The molecule has 2 aromatic rings. The fraction of sp³-hybridized carbons (Fsp3) is 0.308. The lowest BCUT2D eigenvalue weighted by atomic mass is 10.1. The van der Waals surface area contributed by atoms with Crippen LogP contribution in [0.2, 0.25) is 0 Å². The Kier molecular flexibility index (Phi) is 4.26. The van der Waals surface area contributed by atoms with Gasteiger partial charge in [0.25, 0.3) is 6.43 Å². The van der Waals surface area contributed by atoms with E-state index < -0.39 is 13.0 Å². The summed E-state index contributed by atoms with van der Waals surface area (Å²) in [5.74, 6) is -0.0433. The highest BCUT2D eigenvalue weighted by molar-refractivity contribution is 5.92. The number of fused-ring (bicyclic) bond motifs is 1. The van der Waals surface area contributed by atoms with Gasteiger partial charge in [0, 0.05) is 17.6 Å². The van der Waals surface area contributed by atoms with E-state index in [1.165, 1.54) is 24.3 Å². The van der Waals surface area contributed by atoms with Gasteiger partial charge in [-0.2, -0.15) is 8.78 Å². The molecule has 0 unspecified atom stereocenters. The third-order valence-corrected chi connectivity index (χ3v) is 2.62. The summed E-state index contributed by atoms with van der Waals surface area (Å²) in [6.07, 6.45) is -2.70. The first kappa shape index (κ1) is 14.4. The molecular weight excluding hydrogens is 276 g/mol. The minimum atomic E-state index is -2.94. The van der Waals surface area contributed by atoms with E-state index in [1.54, 1.807) is 6.92 Å². The monoisotopic (exact) mass is 288 g/mol. The molecule has 7 heteroatoms. The molecule has 1 N–H and O–H groups in total. The van der Waals surface area contributed by atoms with Gasteiger partial charge in [-0.15, -0.1) is 0 Å². The summed E-state index contributed by atoms with van der Waals surface area (Å²) in [7, 11) is 0. The highest BCUT2D eigenvalue weighted by atomic mass is 19.3. The number of benzene rings is 1. The van der Waals surface area contributed by atoms with Gasteiger partial charge in [0.05, 0.1) is 5.52 Å². The average molecular weight is 288 g/mol. The molecule has 0 atom stereocenters. The number of hydrogen-bond donors (Lipinski definition) is 1. The summed E-state index contributed by atoms with van der Waals surface area (Å²) in [6.45, 7) is -0.640. The lowest BCUT2D eigenvalue weighted by Crippen LogP contribution is -2.03. The summed E-state index contributed by atoms with van der Waals surface area (Å²) in [5, 5.41) is 3.36. The fourth-order valence-electron chi connectivity index (χ4n) is 1.85. The minimum Gasteiger partial charge on any atom is -0.435 e. The predicted octanol–water partition coefficient (Wildman–Crippen LogP) is 4.21. The zero-order valence-corrected chi connectivity index (χ0v) is 10.5. The molecule has 0 amide bonds. The van der Waals surface area contributed by atoms with Gasteiger partial charge in [0.1, 0.15) is 11.4 Å². The highest BCUT2D eigenvalue weighted by Gasteiger charge is 2.14. The van der Waals surface area contributed by atoms with Crippen LogP contribution in [-0.4, -0.2) is 18.1 Å². The van der Waals surface area contributed by atoms with Gasteiger partial charge in [-0.25, -0.2) is 13.8 Å². The fourth-order valence-corrected chi connectivity index (χ4v) is 1.85. The molecule has 2 rings (SSSR count). The van der Waals surface area contributed by atoms with E-state index in [4.69, 9.17) is 0 Å². The third kappa shape index (κ3) is 3.09. The number of hydrogen-bond acceptors (Lipinski definition) is 3. The first-order chi connectivity index (χ1) is 9.51.